The quantitative estimate of drug-likeness (QED) is 0.565. The Balaban J connectivity index is 1.76. The highest BCUT2D eigenvalue weighted by atomic mass is 16.3. The Morgan fingerprint density at radius 1 is 1.35 bits per heavy atom. The molecule has 1 atom stereocenters. The van der Waals surface area contributed by atoms with E-state index in [0.717, 1.165) is 24.8 Å². The Labute approximate surface area is 137 Å². The van der Waals surface area contributed by atoms with Gasteiger partial charge in [-0.15, -0.1) is 0 Å². The van der Waals surface area contributed by atoms with Crippen LogP contribution < -0.4 is 10.6 Å². The number of nitrogens with one attached hydrogen (secondary N) is 3. The first-order chi connectivity index (χ1) is 11.1. The van der Waals surface area contributed by atoms with Crippen LogP contribution in [0, 0.1) is 0 Å². The number of carbonyl (C=O) groups excluding carboxylic acids is 1. The van der Waals surface area contributed by atoms with Crippen LogP contribution in [-0.4, -0.2) is 34.8 Å². The van der Waals surface area contributed by atoms with Crippen LogP contribution in [0.5, 0.6) is 0 Å². The summed E-state index contributed by atoms with van der Waals surface area (Å²) in [4.78, 5) is 15.2. The zero-order valence-corrected chi connectivity index (χ0v) is 14.0. The molecule has 0 radical (unpaired) electrons. The van der Waals surface area contributed by atoms with Gasteiger partial charge in [-0.2, -0.15) is 0 Å². The summed E-state index contributed by atoms with van der Waals surface area (Å²) >= 11 is 0. The van der Waals surface area contributed by atoms with Crippen molar-refractivity contribution in [1.82, 2.24) is 15.6 Å². The number of H-pyrrole nitrogens is 1. The average Bonchev–Trinajstić information content (AvgIpc) is 2.95. The third-order valence-corrected chi connectivity index (χ3v) is 4.44. The van der Waals surface area contributed by atoms with Gasteiger partial charge in [-0.1, -0.05) is 25.1 Å². The van der Waals surface area contributed by atoms with Crippen LogP contribution in [-0.2, 0) is 6.42 Å². The van der Waals surface area contributed by atoms with Crippen molar-refractivity contribution in [3.8, 4) is 0 Å². The zero-order chi connectivity index (χ0) is 16.7. The van der Waals surface area contributed by atoms with Crippen molar-refractivity contribution < 1.29 is 9.90 Å². The molecular formula is C18H27N3O2. The van der Waals surface area contributed by atoms with E-state index >= 15 is 0 Å². The molecule has 5 nitrogen and oxygen atoms in total. The molecule has 2 amide bonds. The van der Waals surface area contributed by atoms with E-state index in [4.69, 9.17) is 5.11 Å². The molecule has 1 aromatic carbocycles. The number of para-hydroxylation sites is 1. The summed E-state index contributed by atoms with van der Waals surface area (Å²) in [6, 6.07) is 8.07. The molecule has 0 bridgehead atoms. The molecule has 5 heteroatoms. The molecule has 23 heavy (non-hydrogen) atoms. The number of aromatic amines is 1. The van der Waals surface area contributed by atoms with E-state index in [1.54, 1.807) is 0 Å². The number of amides is 2. The van der Waals surface area contributed by atoms with Crippen molar-refractivity contribution in [2.24, 2.45) is 0 Å². The maximum absolute atomic E-state index is 12.0. The van der Waals surface area contributed by atoms with Gasteiger partial charge in [0.25, 0.3) is 0 Å². The van der Waals surface area contributed by atoms with Gasteiger partial charge in [0, 0.05) is 35.8 Å². The summed E-state index contributed by atoms with van der Waals surface area (Å²) in [6.45, 7) is 4.66. The number of aryl methyl sites for hydroxylation is 1. The number of hydrogen-bond acceptors (Lipinski definition) is 2. The molecule has 2 aromatic rings. The Hall–Kier alpha value is -2.01. The van der Waals surface area contributed by atoms with Crippen LogP contribution in [0.3, 0.4) is 0 Å². The lowest BCUT2D eigenvalue weighted by Crippen LogP contribution is -2.50. The zero-order valence-electron chi connectivity index (χ0n) is 14.0. The fraction of sp³-hybridized carbons (Fsp3) is 0.500. The smallest absolute Gasteiger partial charge is 0.315 e. The predicted octanol–water partition coefficient (Wildman–Crippen LogP) is 2.95. The molecule has 0 aliphatic heterocycles. The van der Waals surface area contributed by atoms with Crippen molar-refractivity contribution in [2.75, 3.05) is 13.2 Å². The van der Waals surface area contributed by atoms with E-state index in [2.05, 4.69) is 27.8 Å². The minimum Gasteiger partial charge on any atom is -0.396 e. The second kappa shape index (κ2) is 8.02. The number of carbonyl (C=O) groups is 1. The van der Waals surface area contributed by atoms with E-state index in [0.29, 0.717) is 13.0 Å². The summed E-state index contributed by atoms with van der Waals surface area (Å²) < 4.78 is 0. The van der Waals surface area contributed by atoms with Crippen molar-refractivity contribution in [2.45, 2.75) is 45.1 Å². The monoisotopic (exact) mass is 317 g/mol. The van der Waals surface area contributed by atoms with Crippen molar-refractivity contribution in [1.29, 1.82) is 0 Å². The van der Waals surface area contributed by atoms with Crippen LogP contribution in [0.1, 0.15) is 38.7 Å². The Morgan fingerprint density at radius 2 is 2.13 bits per heavy atom. The second-order valence-corrected chi connectivity index (χ2v) is 6.23. The molecule has 1 heterocycles. The molecule has 0 spiro atoms. The average molecular weight is 317 g/mol. The molecule has 2 rings (SSSR count). The third-order valence-electron chi connectivity index (χ3n) is 4.44. The van der Waals surface area contributed by atoms with E-state index < -0.39 is 0 Å². The second-order valence-electron chi connectivity index (χ2n) is 6.23. The minimum absolute atomic E-state index is 0.0746. The first-order valence-corrected chi connectivity index (χ1v) is 8.30. The summed E-state index contributed by atoms with van der Waals surface area (Å²) in [5.41, 5.74) is 2.08. The summed E-state index contributed by atoms with van der Waals surface area (Å²) in [7, 11) is 0. The molecule has 4 N–H and O–H groups in total. The van der Waals surface area contributed by atoms with Crippen molar-refractivity contribution in [3.05, 3.63) is 36.0 Å². The first-order valence-electron chi connectivity index (χ1n) is 8.30. The molecule has 0 fully saturated rings. The maximum atomic E-state index is 12.0. The van der Waals surface area contributed by atoms with Gasteiger partial charge in [-0.05, 0) is 44.2 Å². The first kappa shape index (κ1) is 17.3. The Bertz CT molecular complexity index is 638. The lowest BCUT2D eigenvalue weighted by molar-refractivity contribution is 0.201. The van der Waals surface area contributed by atoms with Gasteiger partial charge in [0.05, 0.1) is 0 Å². The molecule has 0 aliphatic rings. The van der Waals surface area contributed by atoms with Gasteiger partial charge >= 0.3 is 6.03 Å². The van der Waals surface area contributed by atoms with Crippen LogP contribution >= 0.6 is 0 Å². The number of rotatable bonds is 8. The van der Waals surface area contributed by atoms with Crippen LogP contribution in [0.2, 0.25) is 0 Å². The van der Waals surface area contributed by atoms with E-state index in [1.165, 1.54) is 10.9 Å². The summed E-state index contributed by atoms with van der Waals surface area (Å²) in [5, 5.41) is 16.2. The predicted molar refractivity (Wildman–Crippen MR) is 93.6 cm³/mol. The van der Waals surface area contributed by atoms with Gasteiger partial charge in [0.1, 0.15) is 0 Å². The Morgan fingerprint density at radius 3 is 2.87 bits per heavy atom. The van der Waals surface area contributed by atoms with Crippen LogP contribution in [0.25, 0.3) is 10.9 Å². The van der Waals surface area contributed by atoms with Crippen molar-refractivity contribution >= 4 is 16.9 Å². The van der Waals surface area contributed by atoms with E-state index in [1.807, 2.05) is 32.2 Å². The summed E-state index contributed by atoms with van der Waals surface area (Å²) in [6.07, 6.45) is 5.20. The molecule has 1 aromatic heterocycles. The highest BCUT2D eigenvalue weighted by Crippen LogP contribution is 2.18. The van der Waals surface area contributed by atoms with E-state index in [-0.39, 0.29) is 18.2 Å². The number of aliphatic hydroxyl groups is 1. The minimum atomic E-state index is -0.352. The standard InChI is InChI=1S/C18H27N3O2/c1-3-18(2,10-12-22)21-17(23)19-11-6-7-14-13-20-16-9-5-4-8-15(14)16/h4-5,8-9,13,20,22H,3,6-7,10-12H2,1-2H3,(H2,19,21,23). The van der Waals surface area contributed by atoms with Crippen molar-refractivity contribution in [3.63, 3.8) is 0 Å². The topological polar surface area (TPSA) is 77.2 Å². The van der Waals surface area contributed by atoms with Gasteiger partial charge in [0.15, 0.2) is 0 Å². The molecular weight excluding hydrogens is 290 g/mol. The largest absolute Gasteiger partial charge is 0.396 e. The number of fused-ring (bicyclic) bond motifs is 1. The summed E-state index contributed by atoms with van der Waals surface area (Å²) in [5.74, 6) is 0. The van der Waals surface area contributed by atoms with Crippen LogP contribution in [0.15, 0.2) is 30.5 Å². The number of aliphatic hydroxyl groups excluding tert-OH is 1. The Kier molecular flexibility index (Phi) is 6.04. The molecule has 1 unspecified atom stereocenters. The molecule has 126 valence electrons. The van der Waals surface area contributed by atoms with E-state index in [9.17, 15) is 4.79 Å². The fourth-order valence-corrected chi connectivity index (χ4v) is 2.71. The highest BCUT2D eigenvalue weighted by Gasteiger charge is 2.23. The number of urea groups is 1. The molecule has 0 aliphatic carbocycles. The fourth-order valence-electron chi connectivity index (χ4n) is 2.71. The number of aromatic nitrogens is 1. The van der Waals surface area contributed by atoms with Gasteiger partial charge in [0.2, 0.25) is 0 Å². The number of benzene rings is 1. The lowest BCUT2D eigenvalue weighted by atomic mass is 9.95. The van der Waals surface area contributed by atoms with Gasteiger partial charge in [-0.3, -0.25) is 0 Å². The third kappa shape index (κ3) is 4.73. The highest BCUT2D eigenvalue weighted by molar-refractivity contribution is 5.83. The number of hydrogen-bond donors (Lipinski definition) is 4. The lowest BCUT2D eigenvalue weighted by Gasteiger charge is -2.29. The van der Waals surface area contributed by atoms with Gasteiger partial charge < -0.3 is 20.7 Å². The molecule has 0 saturated heterocycles. The normalized spacial score (nSPS) is 13.7. The van der Waals surface area contributed by atoms with Crippen LogP contribution in [0.4, 0.5) is 4.79 Å². The van der Waals surface area contributed by atoms with Gasteiger partial charge in [-0.25, -0.2) is 4.79 Å². The molecule has 0 saturated carbocycles. The SMILES string of the molecule is CCC(C)(CCO)NC(=O)NCCCc1c[nH]c2ccccc12. The maximum Gasteiger partial charge on any atom is 0.315 e.